The van der Waals surface area contributed by atoms with E-state index in [0.29, 0.717) is 22.5 Å². The smallest absolute Gasteiger partial charge is 0.128 e. The van der Waals surface area contributed by atoms with E-state index in [-0.39, 0.29) is 5.82 Å². The summed E-state index contributed by atoms with van der Waals surface area (Å²) in [4.78, 5) is 0. The zero-order valence-electron chi connectivity index (χ0n) is 8.06. The van der Waals surface area contributed by atoms with E-state index in [1.54, 1.807) is 12.1 Å². The van der Waals surface area contributed by atoms with Gasteiger partial charge in [0.1, 0.15) is 5.82 Å². The van der Waals surface area contributed by atoms with Gasteiger partial charge in [0.25, 0.3) is 0 Å². The quantitative estimate of drug-likeness (QED) is 0.797. The predicted molar refractivity (Wildman–Crippen MR) is 56.2 cm³/mol. The number of benzene rings is 1. The second kappa shape index (κ2) is 3.87. The molecule has 1 aromatic carbocycles. The average molecular weight is 214 g/mol. The van der Waals surface area contributed by atoms with Crippen LogP contribution in [-0.2, 0) is 0 Å². The average Bonchev–Trinajstić information content (AvgIpc) is 2.08. The van der Waals surface area contributed by atoms with Gasteiger partial charge >= 0.3 is 0 Å². The lowest BCUT2D eigenvalue weighted by molar-refractivity contribution is 0.301. The van der Waals surface area contributed by atoms with Crippen LogP contribution in [0.1, 0.15) is 24.3 Å². The molecule has 1 aromatic rings. The summed E-state index contributed by atoms with van der Waals surface area (Å²) in [5.41, 5.74) is 0.695. The van der Waals surface area contributed by atoms with Crippen molar-refractivity contribution in [2.24, 2.45) is 0 Å². The monoisotopic (exact) mass is 213 g/mol. The first-order valence-electron chi connectivity index (χ1n) is 4.83. The molecule has 76 valence electrons. The molecule has 0 amide bonds. The van der Waals surface area contributed by atoms with E-state index >= 15 is 0 Å². The van der Waals surface area contributed by atoms with Crippen molar-refractivity contribution in [1.82, 2.24) is 5.32 Å². The van der Waals surface area contributed by atoms with Crippen molar-refractivity contribution < 1.29 is 4.39 Å². The summed E-state index contributed by atoms with van der Waals surface area (Å²) in [5.74, 6) is 0.123. The van der Waals surface area contributed by atoms with Gasteiger partial charge < -0.3 is 5.32 Å². The van der Waals surface area contributed by atoms with Crippen molar-refractivity contribution in [1.29, 1.82) is 0 Å². The molecule has 0 spiro atoms. The third-order valence-electron chi connectivity index (χ3n) is 2.95. The molecule has 14 heavy (non-hydrogen) atoms. The largest absolute Gasteiger partial charge is 0.317 e. The van der Waals surface area contributed by atoms with Gasteiger partial charge in [0.05, 0.1) is 0 Å². The van der Waals surface area contributed by atoms with Crippen molar-refractivity contribution in [3.05, 3.63) is 34.6 Å². The Kier molecular flexibility index (Phi) is 2.75. The molecule has 0 unspecified atom stereocenters. The van der Waals surface area contributed by atoms with Gasteiger partial charge in [-0.1, -0.05) is 17.7 Å². The Morgan fingerprint density at radius 2 is 2.14 bits per heavy atom. The maximum Gasteiger partial charge on any atom is 0.128 e. The molecule has 0 radical (unpaired) electrons. The lowest BCUT2D eigenvalue weighted by Gasteiger charge is -2.35. The van der Waals surface area contributed by atoms with Gasteiger partial charge in [0, 0.05) is 16.6 Å². The summed E-state index contributed by atoms with van der Waals surface area (Å²) >= 11 is 5.97. The zero-order chi connectivity index (χ0) is 10.1. The highest BCUT2D eigenvalue weighted by Crippen LogP contribution is 2.40. The van der Waals surface area contributed by atoms with Gasteiger partial charge in [-0.15, -0.1) is 0 Å². The molecular weight excluding hydrogens is 201 g/mol. The highest BCUT2D eigenvalue weighted by atomic mass is 35.5. The van der Waals surface area contributed by atoms with Crippen LogP contribution in [0.2, 0.25) is 5.02 Å². The van der Waals surface area contributed by atoms with Gasteiger partial charge in [0.15, 0.2) is 0 Å². The van der Waals surface area contributed by atoms with Crippen LogP contribution in [0.25, 0.3) is 0 Å². The molecule has 1 aliphatic rings. The van der Waals surface area contributed by atoms with Gasteiger partial charge in [-0.3, -0.25) is 0 Å². The first-order valence-corrected chi connectivity index (χ1v) is 5.21. The van der Waals surface area contributed by atoms with Gasteiger partial charge in [-0.25, -0.2) is 4.39 Å². The SMILES string of the molecule is CNC1CC(c2c(F)cccc2Cl)C1. The molecule has 0 aliphatic heterocycles. The minimum atomic E-state index is -0.169. The number of rotatable bonds is 2. The molecule has 2 rings (SSSR count). The highest BCUT2D eigenvalue weighted by Gasteiger charge is 2.32. The van der Waals surface area contributed by atoms with Crippen LogP contribution in [-0.4, -0.2) is 13.1 Å². The molecule has 0 bridgehead atoms. The Morgan fingerprint density at radius 1 is 1.43 bits per heavy atom. The Hall–Kier alpha value is -0.600. The van der Waals surface area contributed by atoms with E-state index in [9.17, 15) is 4.39 Å². The molecule has 1 fully saturated rings. The fourth-order valence-corrected chi connectivity index (χ4v) is 2.31. The number of hydrogen-bond acceptors (Lipinski definition) is 1. The second-order valence-corrected chi connectivity index (χ2v) is 4.20. The maximum absolute atomic E-state index is 13.4. The van der Waals surface area contributed by atoms with Crippen LogP contribution in [0, 0.1) is 5.82 Å². The number of hydrogen-bond donors (Lipinski definition) is 1. The molecule has 0 heterocycles. The van der Waals surface area contributed by atoms with Crippen LogP contribution in [0.5, 0.6) is 0 Å². The zero-order valence-corrected chi connectivity index (χ0v) is 8.81. The molecule has 1 saturated carbocycles. The molecular formula is C11H13ClFN. The standard InChI is InChI=1S/C11H13ClFN/c1-14-8-5-7(6-8)11-9(12)3-2-4-10(11)13/h2-4,7-8,14H,5-6H2,1H3. The topological polar surface area (TPSA) is 12.0 Å². The number of nitrogens with one attached hydrogen (secondary N) is 1. The Bertz CT molecular complexity index is 314. The normalized spacial score (nSPS) is 25.9. The molecule has 1 nitrogen and oxygen atoms in total. The van der Waals surface area contributed by atoms with Crippen LogP contribution in [0.4, 0.5) is 4.39 Å². The van der Waals surface area contributed by atoms with Crippen molar-refractivity contribution in [2.45, 2.75) is 24.8 Å². The van der Waals surface area contributed by atoms with E-state index in [0.717, 1.165) is 12.8 Å². The van der Waals surface area contributed by atoms with Crippen LogP contribution < -0.4 is 5.32 Å². The minimum Gasteiger partial charge on any atom is -0.317 e. The van der Waals surface area contributed by atoms with Crippen molar-refractivity contribution >= 4 is 11.6 Å². The predicted octanol–water partition coefficient (Wildman–Crippen LogP) is 2.94. The molecule has 0 aromatic heterocycles. The van der Waals surface area contributed by atoms with Crippen LogP contribution in [0.15, 0.2) is 18.2 Å². The maximum atomic E-state index is 13.4. The summed E-state index contributed by atoms with van der Waals surface area (Å²) < 4.78 is 13.4. The first kappa shape index (κ1) is 9.94. The summed E-state index contributed by atoms with van der Waals surface area (Å²) in [5, 5.41) is 3.73. The lowest BCUT2D eigenvalue weighted by Crippen LogP contribution is -2.38. The van der Waals surface area contributed by atoms with E-state index < -0.39 is 0 Å². The second-order valence-electron chi connectivity index (χ2n) is 3.79. The molecule has 1 aliphatic carbocycles. The highest BCUT2D eigenvalue weighted by molar-refractivity contribution is 6.31. The summed E-state index contributed by atoms with van der Waals surface area (Å²) in [6, 6.07) is 5.41. The Morgan fingerprint density at radius 3 is 2.71 bits per heavy atom. The van der Waals surface area contributed by atoms with E-state index in [1.165, 1.54) is 6.07 Å². The summed E-state index contributed by atoms with van der Waals surface area (Å²) in [7, 11) is 1.93. The van der Waals surface area contributed by atoms with Gasteiger partial charge in [-0.2, -0.15) is 0 Å². The fourth-order valence-electron chi connectivity index (χ4n) is 1.99. The van der Waals surface area contributed by atoms with E-state index in [4.69, 9.17) is 11.6 Å². The lowest BCUT2D eigenvalue weighted by atomic mass is 9.76. The molecule has 0 saturated heterocycles. The third kappa shape index (κ3) is 1.64. The minimum absolute atomic E-state index is 0.169. The molecule has 3 heteroatoms. The third-order valence-corrected chi connectivity index (χ3v) is 3.28. The van der Waals surface area contributed by atoms with Crippen LogP contribution in [0.3, 0.4) is 0 Å². The van der Waals surface area contributed by atoms with Crippen molar-refractivity contribution in [2.75, 3.05) is 7.05 Å². The van der Waals surface area contributed by atoms with Gasteiger partial charge in [0.2, 0.25) is 0 Å². The van der Waals surface area contributed by atoms with Crippen LogP contribution >= 0.6 is 11.6 Å². The Balaban J connectivity index is 2.18. The summed E-state index contributed by atoms with van der Waals surface area (Å²) in [6.45, 7) is 0. The molecule has 1 N–H and O–H groups in total. The van der Waals surface area contributed by atoms with Crippen molar-refractivity contribution in [3.63, 3.8) is 0 Å². The fraction of sp³-hybridized carbons (Fsp3) is 0.455. The Labute approximate surface area is 88.3 Å². The summed E-state index contributed by atoms with van der Waals surface area (Å²) in [6.07, 6.45) is 1.97. The van der Waals surface area contributed by atoms with Gasteiger partial charge in [-0.05, 0) is 37.9 Å². The van der Waals surface area contributed by atoms with E-state index in [1.807, 2.05) is 7.05 Å². The van der Waals surface area contributed by atoms with E-state index in [2.05, 4.69) is 5.32 Å². The van der Waals surface area contributed by atoms with Crippen molar-refractivity contribution in [3.8, 4) is 0 Å². The number of halogens is 2. The molecule has 0 atom stereocenters. The first-order chi connectivity index (χ1) is 6.72.